The van der Waals surface area contributed by atoms with Crippen LogP contribution in [-0.2, 0) is 13.5 Å². The molecule has 0 amide bonds. The van der Waals surface area contributed by atoms with Crippen molar-refractivity contribution in [3.05, 3.63) is 40.3 Å². The van der Waals surface area contributed by atoms with Crippen molar-refractivity contribution in [1.29, 1.82) is 0 Å². The van der Waals surface area contributed by atoms with Crippen molar-refractivity contribution >= 4 is 11.3 Å². The monoisotopic (exact) mass is 263 g/mol. The molecule has 0 aliphatic carbocycles. The maximum atomic E-state index is 4.22. The molecule has 18 heavy (non-hydrogen) atoms. The van der Waals surface area contributed by atoms with Crippen molar-refractivity contribution in [3.63, 3.8) is 0 Å². The molecule has 0 spiro atoms. The highest BCUT2D eigenvalue weighted by atomic mass is 32.1. The lowest BCUT2D eigenvalue weighted by Gasteiger charge is -2.16. The van der Waals surface area contributed by atoms with Gasteiger partial charge in [-0.3, -0.25) is 4.68 Å². The van der Waals surface area contributed by atoms with E-state index in [4.69, 9.17) is 0 Å². The molecule has 0 radical (unpaired) electrons. The Balaban J connectivity index is 1.93. The zero-order valence-corrected chi connectivity index (χ0v) is 11.9. The van der Waals surface area contributed by atoms with Gasteiger partial charge < -0.3 is 5.32 Å². The maximum Gasteiger partial charge on any atom is 0.0521 e. The van der Waals surface area contributed by atoms with E-state index in [-0.39, 0.29) is 0 Å². The first-order chi connectivity index (χ1) is 8.79. The van der Waals surface area contributed by atoms with E-state index in [1.165, 1.54) is 16.9 Å². The third-order valence-corrected chi connectivity index (χ3v) is 3.99. The summed E-state index contributed by atoms with van der Waals surface area (Å²) in [5, 5.41) is 10.0. The first-order valence-electron chi connectivity index (χ1n) is 6.54. The van der Waals surface area contributed by atoms with Gasteiger partial charge in [-0.25, -0.2) is 0 Å². The highest BCUT2D eigenvalue weighted by Crippen LogP contribution is 2.23. The Hall–Kier alpha value is -1.13. The van der Waals surface area contributed by atoms with Crippen LogP contribution in [0.3, 0.4) is 0 Å². The third-order valence-electron chi connectivity index (χ3n) is 3.01. The number of hydrogen-bond donors (Lipinski definition) is 1. The van der Waals surface area contributed by atoms with Crippen molar-refractivity contribution in [2.75, 3.05) is 6.54 Å². The van der Waals surface area contributed by atoms with Gasteiger partial charge in [0, 0.05) is 24.2 Å². The summed E-state index contributed by atoms with van der Waals surface area (Å²) in [6.07, 6.45) is 7.45. The van der Waals surface area contributed by atoms with Gasteiger partial charge in [0.2, 0.25) is 0 Å². The van der Waals surface area contributed by atoms with Gasteiger partial charge in [-0.05, 0) is 42.8 Å². The van der Waals surface area contributed by atoms with Gasteiger partial charge in [0.1, 0.15) is 0 Å². The molecule has 1 N–H and O–H groups in total. The third kappa shape index (κ3) is 3.68. The van der Waals surface area contributed by atoms with Gasteiger partial charge in [0.05, 0.1) is 6.20 Å². The molecule has 0 saturated heterocycles. The number of rotatable bonds is 7. The minimum absolute atomic E-state index is 0.477. The van der Waals surface area contributed by atoms with E-state index < -0.39 is 0 Å². The summed E-state index contributed by atoms with van der Waals surface area (Å²) in [5.74, 6) is 0. The SMILES string of the molecule is CCCNC(CCc1cnn(C)c1)c1cccs1. The van der Waals surface area contributed by atoms with Crippen LogP contribution in [0.4, 0.5) is 0 Å². The van der Waals surface area contributed by atoms with Crippen molar-refractivity contribution < 1.29 is 0 Å². The van der Waals surface area contributed by atoms with E-state index >= 15 is 0 Å². The van der Waals surface area contributed by atoms with Crippen LogP contribution in [-0.4, -0.2) is 16.3 Å². The van der Waals surface area contributed by atoms with E-state index in [9.17, 15) is 0 Å². The highest BCUT2D eigenvalue weighted by molar-refractivity contribution is 7.10. The molecule has 2 aromatic heterocycles. The molecule has 4 heteroatoms. The van der Waals surface area contributed by atoms with E-state index in [0.717, 1.165) is 19.4 Å². The minimum atomic E-state index is 0.477. The van der Waals surface area contributed by atoms with E-state index in [1.807, 2.05) is 29.3 Å². The quantitative estimate of drug-likeness (QED) is 0.831. The number of aromatic nitrogens is 2. The molecule has 0 aliphatic heterocycles. The molecule has 0 aliphatic rings. The molecule has 2 rings (SSSR count). The van der Waals surface area contributed by atoms with Crippen LogP contribution < -0.4 is 5.32 Å². The number of nitrogens with one attached hydrogen (secondary N) is 1. The predicted molar refractivity (Wildman–Crippen MR) is 76.9 cm³/mol. The fourth-order valence-corrected chi connectivity index (χ4v) is 2.90. The normalized spacial score (nSPS) is 12.8. The lowest BCUT2D eigenvalue weighted by atomic mass is 10.1. The molecule has 1 atom stereocenters. The van der Waals surface area contributed by atoms with Crippen LogP contribution in [0, 0.1) is 0 Å². The Bertz CT molecular complexity index is 447. The second kappa shape index (κ2) is 6.71. The van der Waals surface area contributed by atoms with Crippen molar-refractivity contribution in [2.24, 2.45) is 7.05 Å². The van der Waals surface area contributed by atoms with Crippen molar-refractivity contribution in [2.45, 2.75) is 32.2 Å². The van der Waals surface area contributed by atoms with E-state index in [0.29, 0.717) is 6.04 Å². The molecule has 0 bridgehead atoms. The average Bonchev–Trinajstić information content (AvgIpc) is 3.01. The predicted octanol–water partition coefficient (Wildman–Crippen LogP) is 3.16. The summed E-state index contributed by atoms with van der Waals surface area (Å²) >= 11 is 1.84. The summed E-state index contributed by atoms with van der Waals surface area (Å²) in [4.78, 5) is 1.44. The van der Waals surface area contributed by atoms with Crippen molar-refractivity contribution in [1.82, 2.24) is 15.1 Å². The first kappa shape index (κ1) is 13.3. The molecular formula is C14H21N3S. The Morgan fingerprint density at radius 1 is 1.50 bits per heavy atom. The van der Waals surface area contributed by atoms with E-state index in [2.05, 4.69) is 41.0 Å². The molecule has 0 fully saturated rings. The lowest BCUT2D eigenvalue weighted by Crippen LogP contribution is -2.21. The minimum Gasteiger partial charge on any atom is -0.309 e. The number of thiophene rings is 1. The standard InChI is InChI=1S/C14H21N3S/c1-3-8-15-13(14-5-4-9-18-14)7-6-12-10-16-17(2)11-12/h4-5,9-11,13,15H,3,6-8H2,1-2H3. The summed E-state index contributed by atoms with van der Waals surface area (Å²) in [5.41, 5.74) is 1.32. The summed E-state index contributed by atoms with van der Waals surface area (Å²) < 4.78 is 1.87. The largest absolute Gasteiger partial charge is 0.309 e. The van der Waals surface area contributed by atoms with Gasteiger partial charge >= 0.3 is 0 Å². The van der Waals surface area contributed by atoms with Gasteiger partial charge in [-0.15, -0.1) is 11.3 Å². The zero-order chi connectivity index (χ0) is 12.8. The number of nitrogens with zero attached hydrogens (tertiary/aromatic N) is 2. The van der Waals surface area contributed by atoms with Gasteiger partial charge in [0.25, 0.3) is 0 Å². The van der Waals surface area contributed by atoms with Gasteiger partial charge in [-0.2, -0.15) is 5.10 Å². The Morgan fingerprint density at radius 3 is 3.00 bits per heavy atom. The Morgan fingerprint density at radius 2 is 2.39 bits per heavy atom. The summed E-state index contributed by atoms with van der Waals surface area (Å²) in [7, 11) is 1.97. The van der Waals surface area contributed by atoms with Crippen LogP contribution in [0.25, 0.3) is 0 Å². The zero-order valence-electron chi connectivity index (χ0n) is 11.1. The van der Waals surface area contributed by atoms with Crippen molar-refractivity contribution in [3.8, 4) is 0 Å². The smallest absolute Gasteiger partial charge is 0.0521 e. The molecule has 2 aromatic rings. The van der Waals surface area contributed by atoms with Gasteiger partial charge in [0.15, 0.2) is 0 Å². The molecule has 98 valence electrons. The maximum absolute atomic E-state index is 4.22. The van der Waals surface area contributed by atoms with Crippen LogP contribution in [0.1, 0.15) is 36.2 Å². The Labute approximate surface area is 113 Å². The summed E-state index contributed by atoms with van der Waals surface area (Å²) in [6, 6.07) is 4.83. The second-order valence-electron chi connectivity index (χ2n) is 4.58. The highest BCUT2D eigenvalue weighted by Gasteiger charge is 2.12. The average molecular weight is 263 g/mol. The Kier molecular flexibility index (Phi) is 4.96. The van der Waals surface area contributed by atoms with Crippen LogP contribution >= 0.6 is 11.3 Å². The number of aryl methyl sites for hydroxylation is 2. The van der Waals surface area contributed by atoms with Crippen LogP contribution in [0.15, 0.2) is 29.9 Å². The second-order valence-corrected chi connectivity index (χ2v) is 5.56. The topological polar surface area (TPSA) is 29.9 Å². The summed E-state index contributed by atoms with van der Waals surface area (Å²) in [6.45, 7) is 3.29. The lowest BCUT2D eigenvalue weighted by molar-refractivity contribution is 0.506. The first-order valence-corrected chi connectivity index (χ1v) is 7.42. The fraction of sp³-hybridized carbons (Fsp3) is 0.500. The fourth-order valence-electron chi connectivity index (χ4n) is 2.07. The van der Waals surface area contributed by atoms with Gasteiger partial charge in [-0.1, -0.05) is 13.0 Å². The molecule has 1 unspecified atom stereocenters. The van der Waals surface area contributed by atoms with Crippen LogP contribution in [0.2, 0.25) is 0 Å². The van der Waals surface area contributed by atoms with Crippen LogP contribution in [0.5, 0.6) is 0 Å². The molecule has 2 heterocycles. The van der Waals surface area contributed by atoms with E-state index in [1.54, 1.807) is 0 Å². The molecule has 3 nitrogen and oxygen atoms in total. The molecular weight excluding hydrogens is 242 g/mol. The number of hydrogen-bond acceptors (Lipinski definition) is 3. The molecule has 0 aromatic carbocycles. The molecule has 0 saturated carbocycles.